The van der Waals surface area contributed by atoms with E-state index >= 15 is 0 Å². The van der Waals surface area contributed by atoms with Gasteiger partial charge in [-0.25, -0.2) is 4.98 Å². The third-order valence-electron chi connectivity index (χ3n) is 4.17. The number of carbonyl (C=O) groups excluding carboxylic acids is 1. The molecule has 0 unspecified atom stereocenters. The third-order valence-corrected chi connectivity index (χ3v) is 5.32. The summed E-state index contributed by atoms with van der Waals surface area (Å²) in [6.07, 6.45) is 0.752. The fraction of sp³-hybridized carbons (Fsp3) is 0.238. The summed E-state index contributed by atoms with van der Waals surface area (Å²) in [7, 11) is 0. The summed E-state index contributed by atoms with van der Waals surface area (Å²) in [4.78, 5) is 18.1. The molecule has 1 heterocycles. The Morgan fingerprint density at radius 1 is 1.04 bits per heavy atom. The van der Waals surface area contributed by atoms with Crippen LogP contribution >= 0.6 is 11.3 Å². The van der Waals surface area contributed by atoms with Crippen molar-refractivity contribution >= 4 is 17.2 Å². The number of hydrogen-bond donors (Lipinski definition) is 1. The molecule has 0 bridgehead atoms. The van der Waals surface area contributed by atoms with Crippen LogP contribution in [0.25, 0.3) is 0 Å². The van der Waals surface area contributed by atoms with E-state index in [2.05, 4.69) is 22.4 Å². The number of rotatable bonds is 5. The van der Waals surface area contributed by atoms with Crippen LogP contribution in [0.5, 0.6) is 0 Å². The highest BCUT2D eigenvalue weighted by Gasteiger charge is 2.25. The van der Waals surface area contributed by atoms with E-state index in [0.717, 1.165) is 22.7 Å². The first-order valence-corrected chi connectivity index (χ1v) is 9.15. The lowest BCUT2D eigenvalue weighted by molar-refractivity contribution is 0.0915. The number of carbonyl (C=O) groups is 1. The van der Waals surface area contributed by atoms with Gasteiger partial charge in [0.15, 0.2) is 0 Å². The number of nitrogens with zero attached hydrogens (tertiary/aromatic N) is 1. The molecule has 1 amide bonds. The zero-order valence-corrected chi connectivity index (χ0v) is 15.6. The molecule has 0 fully saturated rings. The smallest absolute Gasteiger partial charge is 0.263 e. The van der Waals surface area contributed by atoms with Crippen LogP contribution < -0.4 is 5.32 Å². The van der Waals surface area contributed by atoms with E-state index in [1.165, 1.54) is 16.9 Å². The van der Waals surface area contributed by atoms with Gasteiger partial charge in [0.1, 0.15) is 4.88 Å². The summed E-state index contributed by atoms with van der Waals surface area (Å²) in [5, 5.41) is 4.10. The van der Waals surface area contributed by atoms with Gasteiger partial charge in [0.25, 0.3) is 5.91 Å². The number of aromatic nitrogens is 1. The monoisotopic (exact) mass is 350 g/mol. The first kappa shape index (κ1) is 17.4. The van der Waals surface area contributed by atoms with Crippen molar-refractivity contribution in [2.24, 2.45) is 0 Å². The van der Waals surface area contributed by atoms with E-state index in [9.17, 15) is 4.79 Å². The van der Waals surface area contributed by atoms with E-state index in [0.29, 0.717) is 4.88 Å². The van der Waals surface area contributed by atoms with E-state index in [-0.39, 0.29) is 5.91 Å². The lowest BCUT2D eigenvalue weighted by atomic mass is 9.94. The Hall–Kier alpha value is -2.46. The molecule has 0 atom stereocenters. The van der Waals surface area contributed by atoms with Crippen molar-refractivity contribution in [3.63, 3.8) is 0 Å². The van der Waals surface area contributed by atoms with Crippen LogP contribution in [0.2, 0.25) is 0 Å². The second kappa shape index (κ2) is 7.19. The van der Waals surface area contributed by atoms with Crippen molar-refractivity contribution in [1.29, 1.82) is 0 Å². The predicted molar refractivity (Wildman–Crippen MR) is 103 cm³/mol. The minimum Gasteiger partial charge on any atom is -0.342 e. The largest absolute Gasteiger partial charge is 0.342 e. The van der Waals surface area contributed by atoms with Crippen LogP contribution in [0.3, 0.4) is 0 Å². The van der Waals surface area contributed by atoms with Crippen LogP contribution in [0.15, 0.2) is 60.7 Å². The molecule has 0 saturated carbocycles. The van der Waals surface area contributed by atoms with E-state index in [1.807, 2.05) is 69.3 Å². The second-order valence-electron chi connectivity index (χ2n) is 6.63. The molecule has 4 heteroatoms. The van der Waals surface area contributed by atoms with Gasteiger partial charge in [0.05, 0.1) is 16.2 Å². The maximum Gasteiger partial charge on any atom is 0.263 e. The standard InChI is InChI=1S/C21H22N2OS/c1-15-19(25-18(22-15)14-16-10-6-4-7-11-16)20(24)23-21(2,3)17-12-8-5-9-13-17/h4-13H,14H2,1-3H3,(H,23,24). The van der Waals surface area contributed by atoms with E-state index in [4.69, 9.17) is 0 Å². The van der Waals surface area contributed by atoms with Crippen LogP contribution in [-0.4, -0.2) is 10.9 Å². The van der Waals surface area contributed by atoms with Gasteiger partial charge in [-0.1, -0.05) is 60.7 Å². The van der Waals surface area contributed by atoms with Crippen LogP contribution in [0.1, 0.15) is 45.3 Å². The number of nitrogens with one attached hydrogen (secondary N) is 1. The number of aryl methyl sites for hydroxylation is 1. The Morgan fingerprint density at radius 2 is 1.64 bits per heavy atom. The minimum absolute atomic E-state index is 0.0665. The number of thiazole rings is 1. The zero-order chi connectivity index (χ0) is 17.9. The topological polar surface area (TPSA) is 42.0 Å². The molecule has 0 aliphatic carbocycles. The van der Waals surface area contributed by atoms with Gasteiger partial charge in [-0.2, -0.15) is 0 Å². The van der Waals surface area contributed by atoms with Gasteiger partial charge < -0.3 is 5.32 Å². The SMILES string of the molecule is Cc1nc(Cc2ccccc2)sc1C(=O)NC(C)(C)c1ccccc1. The van der Waals surface area contributed by atoms with E-state index in [1.54, 1.807) is 0 Å². The number of hydrogen-bond acceptors (Lipinski definition) is 3. The van der Waals surface area contributed by atoms with Crippen molar-refractivity contribution < 1.29 is 4.79 Å². The molecule has 2 aromatic carbocycles. The van der Waals surface area contributed by atoms with Gasteiger partial charge >= 0.3 is 0 Å². The molecule has 3 aromatic rings. The van der Waals surface area contributed by atoms with Gasteiger partial charge in [-0.15, -0.1) is 11.3 Å². The highest BCUT2D eigenvalue weighted by Crippen LogP contribution is 2.24. The Labute approximate surface area is 152 Å². The minimum atomic E-state index is -0.436. The predicted octanol–water partition coefficient (Wildman–Crippen LogP) is 4.71. The van der Waals surface area contributed by atoms with Crippen molar-refractivity contribution in [1.82, 2.24) is 10.3 Å². The molecule has 0 saturated heterocycles. The summed E-state index contributed by atoms with van der Waals surface area (Å²) in [5.74, 6) is -0.0665. The summed E-state index contributed by atoms with van der Waals surface area (Å²) in [6.45, 7) is 5.93. The third kappa shape index (κ3) is 4.15. The first-order chi connectivity index (χ1) is 12.0. The number of amides is 1. The normalized spacial score (nSPS) is 11.3. The lowest BCUT2D eigenvalue weighted by Gasteiger charge is -2.26. The molecule has 1 N–H and O–H groups in total. The Kier molecular flexibility index (Phi) is 5.00. The van der Waals surface area contributed by atoms with Crippen molar-refractivity contribution in [3.8, 4) is 0 Å². The van der Waals surface area contributed by atoms with Gasteiger partial charge in [0.2, 0.25) is 0 Å². The molecule has 3 rings (SSSR count). The van der Waals surface area contributed by atoms with Crippen molar-refractivity contribution in [2.45, 2.75) is 32.7 Å². The van der Waals surface area contributed by atoms with Crippen molar-refractivity contribution in [3.05, 3.63) is 87.4 Å². The van der Waals surface area contributed by atoms with Crippen molar-refractivity contribution in [2.75, 3.05) is 0 Å². The fourth-order valence-corrected chi connectivity index (χ4v) is 3.77. The average molecular weight is 350 g/mol. The summed E-state index contributed by atoms with van der Waals surface area (Å²) in [6, 6.07) is 20.2. The number of benzene rings is 2. The highest BCUT2D eigenvalue weighted by atomic mass is 32.1. The first-order valence-electron chi connectivity index (χ1n) is 8.34. The van der Waals surface area contributed by atoms with Crippen LogP contribution in [0, 0.1) is 6.92 Å². The summed E-state index contributed by atoms with van der Waals surface area (Å²) in [5.41, 5.74) is 2.63. The molecule has 0 aliphatic rings. The summed E-state index contributed by atoms with van der Waals surface area (Å²) < 4.78 is 0. The molecule has 3 nitrogen and oxygen atoms in total. The average Bonchev–Trinajstić information content (AvgIpc) is 2.97. The highest BCUT2D eigenvalue weighted by molar-refractivity contribution is 7.13. The molecular formula is C21H22N2OS. The van der Waals surface area contributed by atoms with E-state index < -0.39 is 5.54 Å². The molecule has 0 radical (unpaired) electrons. The molecule has 0 aliphatic heterocycles. The lowest BCUT2D eigenvalue weighted by Crippen LogP contribution is -2.40. The fourth-order valence-electron chi connectivity index (χ4n) is 2.78. The van der Waals surface area contributed by atoms with Crippen LogP contribution in [0.4, 0.5) is 0 Å². The maximum absolute atomic E-state index is 12.8. The van der Waals surface area contributed by atoms with Gasteiger partial charge in [0, 0.05) is 6.42 Å². The molecule has 128 valence electrons. The Bertz CT molecular complexity index is 854. The Balaban J connectivity index is 1.76. The molecule has 25 heavy (non-hydrogen) atoms. The molecular weight excluding hydrogens is 328 g/mol. The molecule has 1 aromatic heterocycles. The van der Waals surface area contributed by atoms with Gasteiger partial charge in [-0.3, -0.25) is 4.79 Å². The second-order valence-corrected chi connectivity index (χ2v) is 7.71. The van der Waals surface area contributed by atoms with Gasteiger partial charge in [-0.05, 0) is 31.9 Å². The quantitative estimate of drug-likeness (QED) is 0.724. The van der Waals surface area contributed by atoms with Crippen LogP contribution in [-0.2, 0) is 12.0 Å². The zero-order valence-electron chi connectivity index (χ0n) is 14.7. The summed E-state index contributed by atoms with van der Waals surface area (Å²) >= 11 is 1.48. The molecule has 0 spiro atoms. The maximum atomic E-state index is 12.8. The Morgan fingerprint density at radius 3 is 2.28 bits per heavy atom.